The lowest BCUT2D eigenvalue weighted by Crippen LogP contribution is -2.63. The third-order valence-corrected chi connectivity index (χ3v) is 6.43. The quantitative estimate of drug-likeness (QED) is 0.216. The molecular formula is C16H28IN5O4S2. The largest absolute Gasteiger partial charge is 0.444 e. The highest BCUT2D eigenvalue weighted by atomic mass is 127. The summed E-state index contributed by atoms with van der Waals surface area (Å²) >= 11 is 1.17. The van der Waals surface area contributed by atoms with Gasteiger partial charge in [-0.25, -0.2) is 17.9 Å². The third-order valence-electron chi connectivity index (χ3n) is 3.57. The van der Waals surface area contributed by atoms with Crippen LogP contribution in [0.15, 0.2) is 26.7 Å². The molecule has 160 valence electrons. The average molecular weight is 545 g/mol. The first-order valence-electron chi connectivity index (χ1n) is 8.59. The number of carbonyl (C=O) groups is 1. The number of thiophene rings is 1. The first-order chi connectivity index (χ1) is 12.6. The van der Waals surface area contributed by atoms with Crippen molar-refractivity contribution < 1.29 is 17.9 Å². The zero-order valence-corrected chi connectivity index (χ0v) is 20.4. The van der Waals surface area contributed by atoms with Crippen molar-refractivity contribution in [1.29, 1.82) is 0 Å². The third kappa shape index (κ3) is 7.72. The van der Waals surface area contributed by atoms with E-state index in [0.29, 0.717) is 29.8 Å². The predicted octanol–water partition coefficient (Wildman–Crippen LogP) is 1.43. The van der Waals surface area contributed by atoms with Gasteiger partial charge >= 0.3 is 6.09 Å². The molecule has 1 aromatic rings. The van der Waals surface area contributed by atoms with Gasteiger partial charge in [-0.1, -0.05) is 6.07 Å². The summed E-state index contributed by atoms with van der Waals surface area (Å²) in [7, 11) is -1.83. The van der Waals surface area contributed by atoms with E-state index in [0.717, 1.165) is 0 Å². The van der Waals surface area contributed by atoms with Gasteiger partial charge in [-0.15, -0.1) is 35.3 Å². The molecule has 12 heteroatoms. The van der Waals surface area contributed by atoms with Gasteiger partial charge in [0.25, 0.3) is 0 Å². The summed E-state index contributed by atoms with van der Waals surface area (Å²) in [5, 5.41) is 7.96. The number of sulfonamides is 1. The number of amides is 1. The highest BCUT2D eigenvalue weighted by molar-refractivity contribution is 14.0. The molecule has 1 aliphatic heterocycles. The second-order valence-corrected chi connectivity index (χ2v) is 10.00. The van der Waals surface area contributed by atoms with Crippen LogP contribution in [0.2, 0.25) is 0 Å². The lowest BCUT2D eigenvalue weighted by Gasteiger charge is -2.40. The molecule has 0 saturated carbocycles. The molecule has 1 fully saturated rings. The van der Waals surface area contributed by atoms with E-state index in [1.807, 2.05) is 20.8 Å². The van der Waals surface area contributed by atoms with E-state index in [-0.39, 0.29) is 42.7 Å². The van der Waals surface area contributed by atoms with Crippen LogP contribution in [0.4, 0.5) is 4.79 Å². The number of halogens is 1. The summed E-state index contributed by atoms with van der Waals surface area (Å²) < 4.78 is 32.2. The number of likely N-dealkylation sites (tertiary alicyclic amines) is 1. The van der Waals surface area contributed by atoms with Gasteiger partial charge in [0.1, 0.15) is 9.81 Å². The predicted molar refractivity (Wildman–Crippen MR) is 121 cm³/mol. The van der Waals surface area contributed by atoms with Crippen LogP contribution in [0.5, 0.6) is 0 Å². The van der Waals surface area contributed by atoms with E-state index in [1.165, 1.54) is 11.3 Å². The highest BCUT2D eigenvalue weighted by Crippen LogP contribution is 2.15. The first-order valence-corrected chi connectivity index (χ1v) is 11.0. The Morgan fingerprint density at radius 1 is 1.36 bits per heavy atom. The molecule has 0 atom stereocenters. The molecule has 2 heterocycles. The fourth-order valence-electron chi connectivity index (χ4n) is 2.29. The van der Waals surface area contributed by atoms with E-state index in [1.54, 1.807) is 29.5 Å². The van der Waals surface area contributed by atoms with Gasteiger partial charge in [-0.3, -0.25) is 4.99 Å². The monoisotopic (exact) mass is 545 g/mol. The van der Waals surface area contributed by atoms with Crippen LogP contribution in [0.3, 0.4) is 0 Å². The molecular weight excluding hydrogens is 517 g/mol. The van der Waals surface area contributed by atoms with Crippen LogP contribution in [0.1, 0.15) is 20.8 Å². The smallest absolute Gasteiger partial charge is 0.410 e. The number of carbonyl (C=O) groups excluding carboxylic acids is 1. The Morgan fingerprint density at radius 3 is 2.57 bits per heavy atom. The zero-order chi connectivity index (χ0) is 20.1. The van der Waals surface area contributed by atoms with Crippen molar-refractivity contribution in [2.75, 3.05) is 33.2 Å². The van der Waals surface area contributed by atoms with Gasteiger partial charge in [0.2, 0.25) is 10.0 Å². The van der Waals surface area contributed by atoms with Gasteiger partial charge in [-0.05, 0) is 32.2 Å². The summed E-state index contributed by atoms with van der Waals surface area (Å²) in [6.45, 7) is 7.17. The number of ether oxygens (including phenoxy) is 1. The molecule has 0 spiro atoms. The number of hydrogen-bond donors (Lipinski definition) is 3. The molecule has 3 N–H and O–H groups in total. The maximum atomic E-state index is 12.0. The van der Waals surface area contributed by atoms with Crippen LogP contribution in [-0.4, -0.2) is 70.2 Å². The van der Waals surface area contributed by atoms with Gasteiger partial charge in [0, 0.05) is 33.2 Å². The summed E-state index contributed by atoms with van der Waals surface area (Å²) in [5.74, 6) is 0.555. The Bertz CT molecular complexity index is 756. The molecule has 1 aliphatic rings. The number of nitrogens with zero attached hydrogens (tertiary/aromatic N) is 2. The number of nitrogens with one attached hydrogen (secondary N) is 3. The molecule has 0 unspecified atom stereocenters. The summed E-state index contributed by atoms with van der Waals surface area (Å²) in [5.41, 5.74) is -0.510. The summed E-state index contributed by atoms with van der Waals surface area (Å²) in [4.78, 5) is 17.6. The Kier molecular flexibility index (Phi) is 9.43. The molecule has 2 rings (SSSR count). The maximum absolute atomic E-state index is 12.0. The Balaban J connectivity index is 0.00000392. The SMILES string of the molecule is CN=C(NCCNS(=O)(=O)c1cccs1)NC1CN(C(=O)OC(C)(C)C)C1.I. The first kappa shape index (κ1) is 24.9. The summed E-state index contributed by atoms with van der Waals surface area (Å²) in [6.07, 6.45) is -0.327. The van der Waals surface area contributed by atoms with Crippen molar-refractivity contribution >= 4 is 57.4 Å². The van der Waals surface area contributed by atoms with Gasteiger partial charge < -0.3 is 20.3 Å². The number of guanidine groups is 1. The van der Waals surface area contributed by atoms with Crippen LogP contribution >= 0.6 is 35.3 Å². The Morgan fingerprint density at radius 2 is 2.04 bits per heavy atom. The number of aliphatic imine (C=N–C) groups is 1. The van der Waals surface area contributed by atoms with Crippen molar-refractivity contribution in [2.45, 2.75) is 36.6 Å². The lowest BCUT2D eigenvalue weighted by atomic mass is 10.1. The highest BCUT2D eigenvalue weighted by Gasteiger charge is 2.34. The van der Waals surface area contributed by atoms with Crippen LogP contribution in [0.25, 0.3) is 0 Å². The fraction of sp³-hybridized carbons (Fsp3) is 0.625. The molecule has 1 amide bonds. The van der Waals surface area contributed by atoms with Crippen molar-refractivity contribution in [2.24, 2.45) is 4.99 Å². The van der Waals surface area contributed by atoms with Crippen molar-refractivity contribution in [3.63, 3.8) is 0 Å². The second kappa shape index (κ2) is 10.6. The van der Waals surface area contributed by atoms with E-state index >= 15 is 0 Å². The van der Waals surface area contributed by atoms with Crippen LogP contribution in [0, 0.1) is 0 Å². The minimum atomic E-state index is -3.46. The Hall–Kier alpha value is -1.12. The van der Waals surface area contributed by atoms with Crippen molar-refractivity contribution in [3.05, 3.63) is 17.5 Å². The summed E-state index contributed by atoms with van der Waals surface area (Å²) in [6, 6.07) is 3.34. The van der Waals surface area contributed by atoms with Crippen molar-refractivity contribution in [3.8, 4) is 0 Å². The van der Waals surface area contributed by atoms with Crippen LogP contribution in [-0.2, 0) is 14.8 Å². The van der Waals surface area contributed by atoms with E-state index in [2.05, 4.69) is 20.3 Å². The maximum Gasteiger partial charge on any atom is 0.410 e. The van der Waals surface area contributed by atoms with Gasteiger partial charge in [-0.2, -0.15) is 0 Å². The second-order valence-electron chi connectivity index (χ2n) is 7.06. The van der Waals surface area contributed by atoms with Gasteiger partial charge in [0.15, 0.2) is 5.96 Å². The minimum Gasteiger partial charge on any atom is -0.444 e. The Labute approximate surface area is 187 Å². The number of hydrogen-bond acceptors (Lipinski definition) is 6. The van der Waals surface area contributed by atoms with E-state index in [9.17, 15) is 13.2 Å². The average Bonchev–Trinajstić information content (AvgIpc) is 3.05. The standard InChI is InChI=1S/C16H27N5O4S2.HI/c1-16(2,3)25-15(22)21-10-12(11-21)20-14(17-4)18-7-8-19-27(23,24)13-6-5-9-26-13;/h5-6,9,12,19H,7-8,10-11H2,1-4H3,(H2,17,18,20);1H. The van der Waals surface area contributed by atoms with E-state index < -0.39 is 15.6 Å². The molecule has 0 bridgehead atoms. The molecule has 0 radical (unpaired) electrons. The minimum absolute atomic E-state index is 0. The molecule has 9 nitrogen and oxygen atoms in total. The molecule has 0 aliphatic carbocycles. The van der Waals surface area contributed by atoms with Crippen molar-refractivity contribution in [1.82, 2.24) is 20.3 Å². The normalized spacial score (nSPS) is 15.4. The van der Waals surface area contributed by atoms with Gasteiger partial charge in [0.05, 0.1) is 6.04 Å². The zero-order valence-electron chi connectivity index (χ0n) is 16.4. The van der Waals surface area contributed by atoms with E-state index in [4.69, 9.17) is 4.74 Å². The van der Waals surface area contributed by atoms with Crippen LogP contribution < -0.4 is 15.4 Å². The topological polar surface area (TPSA) is 112 Å². The fourth-order valence-corrected chi connectivity index (χ4v) is 4.36. The lowest BCUT2D eigenvalue weighted by molar-refractivity contribution is 0.00701. The molecule has 0 aromatic carbocycles. The number of rotatable bonds is 6. The molecule has 1 saturated heterocycles. The molecule has 28 heavy (non-hydrogen) atoms. The molecule has 1 aromatic heterocycles.